The van der Waals surface area contributed by atoms with Crippen LogP contribution in [0.3, 0.4) is 0 Å². The van der Waals surface area contributed by atoms with E-state index in [1.54, 1.807) is 11.8 Å². The van der Waals surface area contributed by atoms with Gasteiger partial charge in [0.05, 0.1) is 0 Å². The predicted molar refractivity (Wildman–Crippen MR) is 67.6 cm³/mol. The second-order valence-electron chi connectivity index (χ2n) is 4.28. The van der Waals surface area contributed by atoms with E-state index in [-0.39, 0.29) is 0 Å². The molecule has 0 bridgehead atoms. The summed E-state index contributed by atoms with van der Waals surface area (Å²) in [6.45, 7) is 2.00. The number of thiol groups is 1. The molecule has 1 heterocycles. The van der Waals surface area contributed by atoms with Crippen molar-refractivity contribution in [2.75, 3.05) is 11.5 Å². The summed E-state index contributed by atoms with van der Waals surface area (Å²) in [5, 5.41) is 0.906. The van der Waals surface area contributed by atoms with Crippen molar-refractivity contribution >= 4 is 24.4 Å². The van der Waals surface area contributed by atoms with Crippen molar-refractivity contribution in [3.8, 4) is 0 Å². The molecule has 82 valence electrons. The second kappa shape index (κ2) is 4.74. The van der Waals surface area contributed by atoms with Crippen LogP contribution in [0.2, 0.25) is 0 Å². The van der Waals surface area contributed by atoms with Crippen LogP contribution < -0.4 is 0 Å². The van der Waals surface area contributed by atoms with Gasteiger partial charge in [-0.15, -0.1) is 0 Å². The molecule has 0 N–H and O–H groups in total. The fourth-order valence-electron chi connectivity index (χ4n) is 1.74. The Balaban J connectivity index is 1.92. The van der Waals surface area contributed by atoms with Crippen molar-refractivity contribution < 1.29 is 0 Å². The monoisotopic (exact) mass is 240 g/mol. The summed E-state index contributed by atoms with van der Waals surface area (Å²) in [5.41, 5.74) is 1.50. The zero-order valence-electron chi connectivity index (χ0n) is 8.94. The molecular weight excluding hydrogens is 224 g/mol. The minimum Gasteiger partial charge on any atom is -0.231 e. The molecular formula is C11H16N2S2. The van der Waals surface area contributed by atoms with Crippen molar-refractivity contribution in [2.24, 2.45) is 5.41 Å². The first kappa shape index (κ1) is 11.3. The van der Waals surface area contributed by atoms with Gasteiger partial charge in [0.2, 0.25) is 0 Å². The first-order chi connectivity index (χ1) is 7.24. The van der Waals surface area contributed by atoms with Crippen molar-refractivity contribution in [2.45, 2.75) is 31.3 Å². The lowest BCUT2D eigenvalue weighted by Gasteiger charge is -2.40. The van der Waals surface area contributed by atoms with Crippen LogP contribution >= 0.6 is 24.4 Å². The van der Waals surface area contributed by atoms with Crippen LogP contribution in [0.1, 0.15) is 25.0 Å². The smallest absolute Gasteiger partial charge is 0.187 e. The number of hydrogen-bond acceptors (Lipinski definition) is 4. The minimum absolute atomic E-state index is 0.459. The van der Waals surface area contributed by atoms with Crippen LogP contribution in [0.15, 0.2) is 17.4 Å². The average Bonchev–Trinajstić information content (AvgIpc) is 2.17. The van der Waals surface area contributed by atoms with Crippen molar-refractivity contribution in [1.29, 1.82) is 0 Å². The Morgan fingerprint density at radius 3 is 2.87 bits per heavy atom. The molecule has 2 nitrogen and oxygen atoms in total. The number of aromatic nitrogens is 2. The lowest BCUT2D eigenvalue weighted by atomic mass is 9.72. The number of thioether (sulfide) groups is 1. The summed E-state index contributed by atoms with van der Waals surface area (Å²) in [5.74, 6) is 2.10. The fraction of sp³-hybridized carbons (Fsp3) is 0.636. The van der Waals surface area contributed by atoms with Gasteiger partial charge in [-0.1, -0.05) is 18.2 Å². The van der Waals surface area contributed by atoms with Crippen molar-refractivity contribution in [3.05, 3.63) is 18.0 Å². The Kier molecular flexibility index (Phi) is 3.57. The van der Waals surface area contributed by atoms with Crippen LogP contribution in [0, 0.1) is 12.3 Å². The third-order valence-electron chi connectivity index (χ3n) is 3.03. The van der Waals surface area contributed by atoms with Crippen LogP contribution in [0.4, 0.5) is 0 Å². The van der Waals surface area contributed by atoms with E-state index in [4.69, 9.17) is 0 Å². The van der Waals surface area contributed by atoms with Crippen LogP contribution in [-0.2, 0) is 0 Å². The molecule has 1 fully saturated rings. The van der Waals surface area contributed by atoms with Crippen molar-refractivity contribution in [3.63, 3.8) is 0 Å². The van der Waals surface area contributed by atoms with E-state index in [1.165, 1.54) is 19.3 Å². The Bertz CT molecular complexity index is 332. The largest absolute Gasteiger partial charge is 0.231 e. The lowest BCUT2D eigenvalue weighted by Crippen LogP contribution is -2.33. The quantitative estimate of drug-likeness (QED) is 0.498. The number of rotatable bonds is 4. The fourth-order valence-corrected chi connectivity index (χ4v) is 3.49. The van der Waals surface area contributed by atoms with Gasteiger partial charge in [0.25, 0.3) is 0 Å². The summed E-state index contributed by atoms with van der Waals surface area (Å²) in [6, 6.07) is 1.93. The number of hydrogen-bond donors (Lipinski definition) is 1. The highest BCUT2D eigenvalue weighted by molar-refractivity contribution is 7.99. The number of aryl methyl sites for hydroxylation is 1. The minimum atomic E-state index is 0.459. The van der Waals surface area contributed by atoms with Gasteiger partial charge >= 0.3 is 0 Å². The summed E-state index contributed by atoms with van der Waals surface area (Å²) < 4.78 is 0. The van der Waals surface area contributed by atoms with Crippen LogP contribution in [0.25, 0.3) is 0 Å². The van der Waals surface area contributed by atoms with Crippen molar-refractivity contribution in [1.82, 2.24) is 9.97 Å². The standard InChI is InChI=1S/C11H16N2S2/c1-9-3-6-12-10(13-9)15-8-11(7-14)4-2-5-11/h3,6,14H,2,4-5,7-8H2,1H3. The van der Waals surface area contributed by atoms with Crippen LogP contribution in [-0.4, -0.2) is 21.5 Å². The van der Waals surface area contributed by atoms with Gasteiger partial charge < -0.3 is 0 Å². The molecule has 0 unspecified atom stereocenters. The zero-order chi connectivity index (χ0) is 10.7. The summed E-state index contributed by atoms with van der Waals surface area (Å²) >= 11 is 6.22. The normalized spacial score (nSPS) is 18.5. The summed E-state index contributed by atoms with van der Waals surface area (Å²) in [7, 11) is 0. The Hall–Kier alpha value is -0.220. The molecule has 0 atom stereocenters. The maximum absolute atomic E-state index is 4.45. The highest BCUT2D eigenvalue weighted by Crippen LogP contribution is 2.44. The Morgan fingerprint density at radius 2 is 2.33 bits per heavy atom. The third-order valence-corrected chi connectivity index (χ3v) is 4.91. The van der Waals surface area contributed by atoms with Gasteiger partial charge in [-0.3, -0.25) is 0 Å². The summed E-state index contributed by atoms with van der Waals surface area (Å²) in [4.78, 5) is 8.66. The first-order valence-corrected chi connectivity index (χ1v) is 6.89. The predicted octanol–water partition coefficient (Wildman–Crippen LogP) is 2.98. The van der Waals surface area contributed by atoms with E-state index >= 15 is 0 Å². The molecule has 0 aromatic carbocycles. The van der Waals surface area contributed by atoms with E-state index < -0.39 is 0 Å². The second-order valence-corrected chi connectivity index (χ2v) is 5.54. The average molecular weight is 240 g/mol. The zero-order valence-corrected chi connectivity index (χ0v) is 10.7. The Labute approximate surface area is 101 Å². The van der Waals surface area contributed by atoms with Gasteiger partial charge in [-0.25, -0.2) is 9.97 Å². The van der Waals surface area contributed by atoms with E-state index in [0.29, 0.717) is 5.41 Å². The van der Waals surface area contributed by atoms with Gasteiger partial charge in [0, 0.05) is 17.6 Å². The topological polar surface area (TPSA) is 25.8 Å². The van der Waals surface area contributed by atoms with E-state index in [1.807, 2.05) is 19.2 Å². The molecule has 0 aliphatic heterocycles. The maximum Gasteiger partial charge on any atom is 0.187 e. The molecule has 0 saturated heterocycles. The molecule has 15 heavy (non-hydrogen) atoms. The molecule has 1 aromatic rings. The first-order valence-electron chi connectivity index (χ1n) is 5.27. The SMILES string of the molecule is Cc1ccnc(SCC2(CS)CCC2)n1. The molecule has 0 spiro atoms. The summed E-state index contributed by atoms with van der Waals surface area (Å²) in [6.07, 6.45) is 5.82. The highest BCUT2D eigenvalue weighted by Gasteiger charge is 2.35. The van der Waals surface area contributed by atoms with Gasteiger partial charge in [0.1, 0.15) is 0 Å². The van der Waals surface area contributed by atoms with Gasteiger partial charge in [-0.05, 0) is 37.0 Å². The molecule has 0 radical (unpaired) electrons. The number of nitrogens with zero attached hydrogens (tertiary/aromatic N) is 2. The molecule has 1 aliphatic carbocycles. The van der Waals surface area contributed by atoms with E-state index in [2.05, 4.69) is 22.6 Å². The maximum atomic E-state index is 4.45. The molecule has 4 heteroatoms. The van der Waals surface area contributed by atoms with Crippen LogP contribution in [0.5, 0.6) is 0 Å². The molecule has 1 aromatic heterocycles. The molecule has 2 rings (SSSR count). The lowest BCUT2D eigenvalue weighted by molar-refractivity contribution is 0.205. The molecule has 1 saturated carbocycles. The van der Waals surface area contributed by atoms with Gasteiger partial charge in [-0.2, -0.15) is 12.6 Å². The van der Waals surface area contributed by atoms with E-state index in [0.717, 1.165) is 22.4 Å². The van der Waals surface area contributed by atoms with Gasteiger partial charge in [0.15, 0.2) is 5.16 Å². The highest BCUT2D eigenvalue weighted by atomic mass is 32.2. The Morgan fingerprint density at radius 1 is 1.53 bits per heavy atom. The molecule has 1 aliphatic rings. The van der Waals surface area contributed by atoms with E-state index in [9.17, 15) is 0 Å². The third kappa shape index (κ3) is 2.67. The molecule has 0 amide bonds.